The van der Waals surface area contributed by atoms with Crippen LogP contribution in [0.25, 0.3) is 33.1 Å². The fourth-order valence-electron chi connectivity index (χ4n) is 23.6. The molecule has 9 fully saturated rings. The maximum absolute atomic E-state index is 16.1. The van der Waals surface area contributed by atoms with Gasteiger partial charge in [-0.25, -0.2) is 83.2 Å². The largest absolute Gasteiger partial charge is 0.540 e. The van der Waals surface area contributed by atoms with Gasteiger partial charge >= 0.3 is 18.3 Å². The van der Waals surface area contributed by atoms with Crippen molar-refractivity contribution in [1.82, 2.24) is 60.6 Å². The number of alkyl halides is 8. The van der Waals surface area contributed by atoms with Crippen LogP contribution < -0.4 is 44.4 Å². The Kier molecular flexibility index (Phi) is 32.1. The zero-order valence-electron chi connectivity index (χ0n) is 82.9. The number of nitrogens with one attached hydrogen (secondary N) is 3. The summed E-state index contributed by atoms with van der Waals surface area (Å²) < 4.78 is 172. The van der Waals surface area contributed by atoms with E-state index in [1.165, 1.54) is 40.9 Å². The van der Waals surface area contributed by atoms with Crippen LogP contribution in [-0.2, 0) is 101 Å². The van der Waals surface area contributed by atoms with Crippen molar-refractivity contribution in [2.24, 2.45) is 87.3 Å². The average Bonchev–Trinajstić information content (AvgIpc) is 1.54. The van der Waals surface area contributed by atoms with Crippen molar-refractivity contribution >= 4 is 87.5 Å². The van der Waals surface area contributed by atoms with Crippen LogP contribution in [-0.4, -0.2) is 231 Å². The van der Waals surface area contributed by atoms with E-state index >= 15 is 8.78 Å². The molecule has 6 bridgehead atoms. The van der Waals surface area contributed by atoms with Crippen molar-refractivity contribution in [3.05, 3.63) is 71.7 Å². The van der Waals surface area contributed by atoms with Gasteiger partial charge in [-0.1, -0.05) is 134 Å². The number of alkyl carbamates (subject to hydrolysis) is 3. The number of ketones is 1. The Balaban J connectivity index is 0.000000168. The first-order chi connectivity index (χ1) is 66.2. The minimum absolute atomic E-state index is 0. The first-order valence-electron chi connectivity index (χ1n) is 49.3. The van der Waals surface area contributed by atoms with Crippen LogP contribution in [0, 0.1) is 87.3 Å². The van der Waals surface area contributed by atoms with E-state index in [-0.39, 0.29) is 121 Å². The molecule has 6 aliphatic carbocycles. The smallest absolute Gasteiger partial charge is 0.408 e. The average molecular weight is 2200 g/mol. The summed E-state index contributed by atoms with van der Waals surface area (Å²) in [7, 11) is 4.60. The fourth-order valence-corrected chi connectivity index (χ4v) is 23.6. The maximum Gasteiger partial charge on any atom is 0.408 e. The summed E-state index contributed by atoms with van der Waals surface area (Å²) in [6.07, 6.45) is 4.36. The monoisotopic (exact) mass is 2200 g/mol. The van der Waals surface area contributed by atoms with Crippen LogP contribution in [0.15, 0.2) is 54.6 Å². The number of aromatic nitrogens is 6. The third-order valence-electron chi connectivity index (χ3n) is 31.4. The summed E-state index contributed by atoms with van der Waals surface area (Å²) in [5, 5.41) is 8.14. The Bertz CT molecular complexity index is 5700. The van der Waals surface area contributed by atoms with Crippen LogP contribution in [0.4, 0.5) is 49.5 Å². The molecule has 40 heteroatoms. The van der Waals surface area contributed by atoms with Crippen molar-refractivity contribution in [3.63, 3.8) is 0 Å². The van der Waals surface area contributed by atoms with Crippen LogP contribution in [0.1, 0.15) is 216 Å². The molecule has 6 unspecified atom stereocenters. The molecule has 3 saturated heterocycles. The van der Waals surface area contributed by atoms with Crippen molar-refractivity contribution in [2.75, 3.05) is 41.0 Å². The number of hydrogen-bond acceptors (Lipinski definition) is 24. The summed E-state index contributed by atoms with van der Waals surface area (Å²) in [5.74, 6) is -19.8. The second-order valence-electron chi connectivity index (χ2n) is 43.4. The molecule has 6 amide bonds. The first-order valence-corrected chi connectivity index (χ1v) is 49.3. The number of hydrogen-bond donors (Lipinski definition) is 3. The number of amides is 6. The van der Waals surface area contributed by atoms with Gasteiger partial charge < -0.3 is 82.9 Å². The van der Waals surface area contributed by atoms with Gasteiger partial charge in [0.1, 0.15) is 83.4 Å². The molecular weight excluding hydrogens is 2070 g/mol. The van der Waals surface area contributed by atoms with Gasteiger partial charge in [0, 0.05) is 123 Å². The Morgan fingerprint density at radius 3 is 1.17 bits per heavy atom. The molecule has 0 spiro atoms. The van der Waals surface area contributed by atoms with Crippen LogP contribution in [0.5, 0.6) is 34.9 Å². The standard InChI is InChI=1S/C35H46F2N4O6.C34H41F4N4O6.C33H41F2N4O6.V.W/c1-7-20-27-17-41(29(20)18(2)42)32(43)30(34(3,4)5)40-33(44)47-26-16-22-28(35(22,36)37)21(26)11-9-8-10-12-24-31(46-27)39-25-15-19(45-6)13-14-23(25)38-24;1-6-18-23(16-43)42-15-25(18)47-29-27(39-21-11-10-17(46-5)13-22(21)40-29)33(35,36)12-8-7-9-19-24(14-20-26(19)34(20,37)38)48-31(45)41-28(30(42)44)32(2,3)4;1-17-24(16-40)39-15-26(17)44-29-22(36-21-12-11-18(43-5)13-23(21)37-29)10-8-6-7-9-19-25(14-20-27(19)33(20,34)35)45-31(42)38-28(30(39)41)32(2,3)4;;/h13-15,20-22,26-30H,7-12,16-17H2,1-6H3,(H,40,44);10-11,13,18-20,23-26,28H,6-9,12,14-15H2,1-5H3,(H,41,45);11-13,17,19-20,24-28H,6-10,14-15H2,1-5H3,(H,38,42);;/q;2*-1;;/t20-,21+,22?,26-,27+,28?,29-,30-;18-,19-,20?,23+,24+,25-,26?,28+;17-,19-,20?,24+,25+,26-,27?,28+;;/m100../s1. The van der Waals surface area contributed by atoms with Crippen LogP contribution in [0.2, 0.25) is 0 Å². The van der Waals surface area contributed by atoms with Gasteiger partial charge in [-0.2, -0.15) is 8.78 Å². The SMILES string of the molecule is CC[C@@H]1[C@@H]2CN(C(=O)[C@H](C(C)(C)C)NC(=O)O[C@@H]3CC4C([C@H]3CCCCC(F)(F)c3nc5ccc(OC)cc5nc3O2)C4(F)F)[C@@H]1[C-]=O.CC[C@@H]1[C@@H]2CN(C(=O)[C@H](C(C)(C)C)NC(=O)O[C@@H]3CC4C([C@H]3CCCCCc3nc5ccc(OC)cc5nc3O2)C4(F)F)[C@@H]1C(C)=O.COc1ccc2nc3c(nc2c1)O[C@H]1CN(C(=O)[C@H](C(C)(C)C)NC(=O)O[C@@H]2CC4C([C@H]2CCCCC3)C4(F)F)[C@H]([C-]=O)[C@@H]1C.[V].[W]. The molecule has 6 aromatic rings. The zero-order valence-corrected chi connectivity index (χ0v) is 87.2. The minimum atomic E-state index is -3.53. The molecule has 1 radical (unpaired) electrons. The molecule has 9 heterocycles. The van der Waals surface area contributed by atoms with E-state index in [9.17, 15) is 69.5 Å². The predicted molar refractivity (Wildman–Crippen MR) is 494 cm³/mol. The van der Waals surface area contributed by atoms with Crippen LogP contribution in [0.3, 0.4) is 0 Å². The van der Waals surface area contributed by atoms with Crippen molar-refractivity contribution in [2.45, 2.75) is 309 Å². The number of aryl methyl sites for hydroxylation is 2. The van der Waals surface area contributed by atoms with E-state index in [4.69, 9.17) is 62.6 Å². The van der Waals surface area contributed by atoms with Gasteiger partial charge in [-0.05, 0) is 148 Å². The molecule has 6 saturated carbocycles. The van der Waals surface area contributed by atoms with Gasteiger partial charge in [0.2, 0.25) is 35.4 Å². The number of rotatable bonds is 8. The summed E-state index contributed by atoms with van der Waals surface area (Å²) in [4.78, 5) is 152. The van der Waals surface area contributed by atoms with E-state index in [1.54, 1.807) is 80.9 Å². The van der Waals surface area contributed by atoms with Crippen LogP contribution >= 0.6 is 0 Å². The van der Waals surface area contributed by atoms with Gasteiger partial charge in [-0.15, -0.1) is 0 Å². The third-order valence-corrected chi connectivity index (χ3v) is 31.4. The van der Waals surface area contributed by atoms with E-state index < -0.39 is 232 Å². The number of ether oxygens (including phenoxy) is 9. The van der Waals surface area contributed by atoms with E-state index in [0.29, 0.717) is 114 Å². The summed E-state index contributed by atoms with van der Waals surface area (Å²) >= 11 is 0. The molecular formula is C102H128F8N12O18VW-2. The second-order valence-corrected chi connectivity index (χ2v) is 43.4. The van der Waals surface area contributed by atoms with E-state index in [0.717, 1.165) is 25.7 Å². The Morgan fingerprint density at radius 2 is 0.789 bits per heavy atom. The fraction of sp³-hybridized carbons (Fsp3) is 0.676. The molecule has 142 heavy (non-hydrogen) atoms. The topological polar surface area (TPSA) is 360 Å². The zero-order chi connectivity index (χ0) is 101. The van der Waals surface area contributed by atoms with Crippen molar-refractivity contribution < 1.29 is 161 Å². The second kappa shape index (κ2) is 42.1. The summed E-state index contributed by atoms with van der Waals surface area (Å²) in [6, 6.07) is 9.42. The minimum Gasteiger partial charge on any atom is -0.540 e. The van der Waals surface area contributed by atoms with E-state index in [2.05, 4.69) is 25.9 Å². The summed E-state index contributed by atoms with van der Waals surface area (Å²) in [5.41, 5.74) is 1.20. The Hall–Kier alpha value is -9.58. The number of carbonyl (C=O) groups excluding carboxylic acids is 9. The van der Waals surface area contributed by atoms with Crippen molar-refractivity contribution in [3.8, 4) is 34.9 Å². The van der Waals surface area contributed by atoms with Gasteiger partial charge in [0.25, 0.3) is 23.7 Å². The molecule has 3 N–H and O–H groups in total. The number of benzene rings is 3. The molecule has 18 rings (SSSR count). The number of nitrogens with zero attached hydrogens (tertiary/aromatic N) is 9. The molecule has 24 atom stereocenters. The van der Waals surface area contributed by atoms with E-state index in [1.807, 2.05) is 71.5 Å². The normalized spacial score (nSPS) is 32.6. The van der Waals surface area contributed by atoms with Crippen molar-refractivity contribution in [1.29, 1.82) is 0 Å². The van der Waals surface area contributed by atoms with Gasteiger partial charge in [-0.3, -0.25) is 19.2 Å². The third kappa shape index (κ3) is 21.7. The number of methoxy groups -OCH3 is 3. The number of carbonyl (C=O) groups is 7. The predicted octanol–water partition coefficient (Wildman–Crippen LogP) is 16.4. The maximum atomic E-state index is 16.1. The van der Waals surface area contributed by atoms with Gasteiger partial charge in [0.05, 0.1) is 80.1 Å². The molecule has 3 aromatic carbocycles. The molecule has 3 aromatic heterocycles. The molecule has 773 valence electrons. The Morgan fingerprint density at radius 1 is 0.444 bits per heavy atom. The number of halogens is 8. The number of fused-ring (bicyclic) bond motifs is 21. The first kappa shape index (κ1) is 108. The Labute approximate surface area is 846 Å². The quantitative estimate of drug-likeness (QED) is 0.0724. The molecule has 6 aliphatic heterocycles. The molecule has 12 aliphatic rings. The summed E-state index contributed by atoms with van der Waals surface area (Å²) in [6.45, 7) is 23.1. The van der Waals surface area contributed by atoms with Gasteiger partial charge in [0.15, 0.2) is 11.5 Å². The number of Topliss-reactive ketones (excluding diaryl/α,β-unsaturated/α-hetero) is 1. The molecule has 30 nitrogen and oxygen atoms in total.